The van der Waals surface area contributed by atoms with Crippen LogP contribution < -0.4 is 5.32 Å². The van der Waals surface area contributed by atoms with E-state index in [4.69, 9.17) is 0 Å². The molecule has 3 rings (SSSR count). The van der Waals surface area contributed by atoms with Gasteiger partial charge in [-0.2, -0.15) is 13.9 Å². The Bertz CT molecular complexity index is 827. The number of nitrogens with zero attached hydrogens (tertiary/aromatic N) is 3. The Morgan fingerprint density at radius 2 is 1.88 bits per heavy atom. The van der Waals surface area contributed by atoms with Gasteiger partial charge >= 0.3 is 6.55 Å². The first kappa shape index (κ1) is 15.9. The van der Waals surface area contributed by atoms with E-state index in [0.717, 1.165) is 17.4 Å². The van der Waals surface area contributed by atoms with Gasteiger partial charge in [-0.25, -0.2) is 4.68 Å². The van der Waals surface area contributed by atoms with E-state index in [-0.39, 0.29) is 11.7 Å². The van der Waals surface area contributed by atoms with Crippen LogP contribution in [0.4, 0.5) is 8.78 Å². The van der Waals surface area contributed by atoms with Crippen molar-refractivity contribution >= 4 is 5.91 Å². The van der Waals surface area contributed by atoms with E-state index in [1.807, 2.05) is 60.3 Å². The van der Waals surface area contributed by atoms with Gasteiger partial charge in [0.1, 0.15) is 5.69 Å². The van der Waals surface area contributed by atoms with Crippen LogP contribution in [0.2, 0.25) is 0 Å². The third-order valence-electron chi connectivity index (χ3n) is 3.66. The van der Waals surface area contributed by atoms with E-state index >= 15 is 0 Å². The van der Waals surface area contributed by atoms with Gasteiger partial charge in [0.25, 0.3) is 5.91 Å². The molecule has 5 nitrogen and oxygen atoms in total. The first-order chi connectivity index (χ1) is 11.5. The highest BCUT2D eigenvalue weighted by molar-refractivity contribution is 5.92. The molecule has 0 radical (unpaired) electrons. The van der Waals surface area contributed by atoms with Gasteiger partial charge in [-0.3, -0.25) is 4.79 Å². The van der Waals surface area contributed by atoms with Crippen molar-refractivity contribution in [2.75, 3.05) is 0 Å². The third kappa shape index (κ3) is 3.34. The molecule has 1 N–H and O–H groups in total. The summed E-state index contributed by atoms with van der Waals surface area (Å²) in [6.45, 7) is -0.932. The molecule has 1 atom stereocenters. The van der Waals surface area contributed by atoms with Gasteiger partial charge in [-0.05, 0) is 42.8 Å². The highest BCUT2D eigenvalue weighted by Gasteiger charge is 2.16. The third-order valence-corrected chi connectivity index (χ3v) is 3.66. The highest BCUT2D eigenvalue weighted by atomic mass is 19.3. The fourth-order valence-electron chi connectivity index (χ4n) is 2.38. The van der Waals surface area contributed by atoms with Crippen LogP contribution in [0.15, 0.2) is 61.1 Å². The second-order valence-corrected chi connectivity index (χ2v) is 5.34. The van der Waals surface area contributed by atoms with Crippen LogP contribution in [0.5, 0.6) is 0 Å². The number of aromatic nitrogens is 3. The largest absolute Gasteiger partial charge is 0.344 e. The van der Waals surface area contributed by atoms with Crippen molar-refractivity contribution in [3.8, 4) is 5.69 Å². The number of hydrogen-bond donors (Lipinski definition) is 1. The van der Waals surface area contributed by atoms with Crippen LogP contribution >= 0.6 is 0 Å². The second-order valence-electron chi connectivity index (χ2n) is 5.34. The number of amides is 1. The average molecular weight is 330 g/mol. The van der Waals surface area contributed by atoms with Gasteiger partial charge in [-0.15, -0.1) is 0 Å². The fraction of sp³-hybridized carbons (Fsp3) is 0.176. The quantitative estimate of drug-likeness (QED) is 0.778. The number of nitrogens with one attached hydrogen (secondary N) is 1. The van der Waals surface area contributed by atoms with E-state index in [9.17, 15) is 13.6 Å². The van der Waals surface area contributed by atoms with E-state index in [1.165, 1.54) is 6.07 Å². The summed E-state index contributed by atoms with van der Waals surface area (Å²) in [5, 5.41) is 6.33. The Labute approximate surface area is 137 Å². The molecular formula is C17H16F2N4O. The molecular weight excluding hydrogens is 314 g/mol. The summed E-state index contributed by atoms with van der Waals surface area (Å²) in [5.41, 5.74) is 1.84. The summed E-state index contributed by atoms with van der Waals surface area (Å²) in [4.78, 5) is 12.1. The summed E-state index contributed by atoms with van der Waals surface area (Å²) in [7, 11) is 0. The molecule has 0 saturated carbocycles. The summed E-state index contributed by atoms with van der Waals surface area (Å²) >= 11 is 0. The van der Waals surface area contributed by atoms with Crippen LogP contribution in [-0.4, -0.2) is 20.3 Å². The maximum atomic E-state index is 12.5. The number of benzene rings is 1. The zero-order chi connectivity index (χ0) is 17.1. The topological polar surface area (TPSA) is 51.9 Å². The van der Waals surface area contributed by atoms with Gasteiger partial charge in [0.2, 0.25) is 0 Å². The SMILES string of the molecule is CC(NC(=O)c1ccn(C(F)F)n1)c1cccc(-n2cccc2)c1. The molecule has 1 unspecified atom stereocenters. The zero-order valence-electron chi connectivity index (χ0n) is 12.9. The molecule has 0 spiro atoms. The summed E-state index contributed by atoms with van der Waals surface area (Å²) in [6, 6.07) is 12.6. The lowest BCUT2D eigenvalue weighted by Gasteiger charge is -2.15. The molecule has 0 aliphatic rings. The first-order valence-corrected chi connectivity index (χ1v) is 7.42. The number of rotatable bonds is 5. The number of carbonyl (C=O) groups is 1. The lowest BCUT2D eigenvalue weighted by atomic mass is 10.1. The molecule has 0 aliphatic carbocycles. The molecule has 0 aliphatic heterocycles. The molecule has 1 amide bonds. The maximum absolute atomic E-state index is 12.5. The molecule has 2 aromatic heterocycles. The molecule has 3 aromatic rings. The Hall–Kier alpha value is -2.96. The van der Waals surface area contributed by atoms with Gasteiger partial charge in [0.15, 0.2) is 0 Å². The fourth-order valence-corrected chi connectivity index (χ4v) is 2.38. The molecule has 7 heteroatoms. The van der Waals surface area contributed by atoms with Gasteiger partial charge in [0, 0.05) is 24.3 Å². The van der Waals surface area contributed by atoms with E-state index in [2.05, 4.69) is 10.4 Å². The van der Waals surface area contributed by atoms with Crippen LogP contribution in [0.3, 0.4) is 0 Å². The van der Waals surface area contributed by atoms with Crippen molar-refractivity contribution in [3.05, 3.63) is 72.3 Å². The van der Waals surface area contributed by atoms with Crippen molar-refractivity contribution < 1.29 is 13.6 Å². The molecule has 24 heavy (non-hydrogen) atoms. The Morgan fingerprint density at radius 3 is 2.54 bits per heavy atom. The molecule has 1 aromatic carbocycles. The minimum atomic E-state index is -2.76. The Morgan fingerprint density at radius 1 is 1.12 bits per heavy atom. The van der Waals surface area contributed by atoms with Crippen molar-refractivity contribution in [1.82, 2.24) is 19.7 Å². The second kappa shape index (κ2) is 6.66. The normalized spacial score (nSPS) is 12.3. The van der Waals surface area contributed by atoms with Gasteiger partial charge in [-0.1, -0.05) is 12.1 Å². The molecule has 2 heterocycles. The van der Waals surface area contributed by atoms with Gasteiger partial charge < -0.3 is 9.88 Å². The number of alkyl halides is 2. The molecule has 124 valence electrons. The predicted molar refractivity (Wildman–Crippen MR) is 85.1 cm³/mol. The highest BCUT2D eigenvalue weighted by Crippen LogP contribution is 2.18. The first-order valence-electron chi connectivity index (χ1n) is 7.42. The van der Waals surface area contributed by atoms with Crippen LogP contribution in [0.25, 0.3) is 5.69 Å². The molecule has 0 saturated heterocycles. The van der Waals surface area contributed by atoms with Crippen LogP contribution in [-0.2, 0) is 0 Å². The maximum Gasteiger partial charge on any atom is 0.333 e. The minimum Gasteiger partial charge on any atom is -0.344 e. The molecule has 0 fully saturated rings. The van der Waals surface area contributed by atoms with Crippen molar-refractivity contribution in [2.45, 2.75) is 19.5 Å². The zero-order valence-corrected chi connectivity index (χ0v) is 12.9. The van der Waals surface area contributed by atoms with Crippen molar-refractivity contribution in [3.63, 3.8) is 0 Å². The lowest BCUT2D eigenvalue weighted by Crippen LogP contribution is -2.27. The van der Waals surface area contributed by atoms with Crippen molar-refractivity contribution in [1.29, 1.82) is 0 Å². The minimum absolute atomic E-state index is 0.0382. The molecule has 0 bridgehead atoms. The van der Waals surface area contributed by atoms with Crippen LogP contribution in [0.1, 0.15) is 35.6 Å². The number of carbonyl (C=O) groups excluding carboxylic acids is 1. The Kier molecular flexibility index (Phi) is 4.41. The van der Waals surface area contributed by atoms with Crippen LogP contribution in [0, 0.1) is 0 Å². The number of halogens is 2. The van der Waals surface area contributed by atoms with Crippen molar-refractivity contribution in [2.24, 2.45) is 0 Å². The van der Waals surface area contributed by atoms with Gasteiger partial charge in [0.05, 0.1) is 6.04 Å². The van der Waals surface area contributed by atoms with E-state index in [1.54, 1.807) is 0 Å². The monoisotopic (exact) mass is 330 g/mol. The predicted octanol–water partition coefficient (Wildman–Crippen LogP) is 3.56. The summed E-state index contributed by atoms with van der Waals surface area (Å²) in [5.74, 6) is -0.492. The summed E-state index contributed by atoms with van der Waals surface area (Å²) in [6.07, 6.45) is 4.94. The standard InChI is InChI=1S/C17H16F2N4O/c1-12(20-16(24)15-7-10-23(21-15)17(18)19)13-5-4-6-14(11-13)22-8-2-3-9-22/h2-12,17H,1H3,(H,20,24). The average Bonchev–Trinajstić information content (AvgIpc) is 3.26. The smallest absolute Gasteiger partial charge is 0.333 e. The lowest BCUT2D eigenvalue weighted by molar-refractivity contribution is 0.0559. The summed E-state index contributed by atoms with van der Waals surface area (Å²) < 4.78 is 27.4. The van der Waals surface area contributed by atoms with E-state index < -0.39 is 12.5 Å². The Balaban J connectivity index is 1.73. The van der Waals surface area contributed by atoms with E-state index in [0.29, 0.717) is 4.68 Å². The number of hydrogen-bond acceptors (Lipinski definition) is 2.